The molecule has 5 nitrogen and oxygen atoms in total. The van der Waals surface area contributed by atoms with E-state index in [2.05, 4.69) is 34.0 Å². The van der Waals surface area contributed by atoms with Crippen LogP contribution in [0, 0.1) is 11.8 Å². The molecule has 0 atom stereocenters. The summed E-state index contributed by atoms with van der Waals surface area (Å²) in [5.74, 6) is 2.38. The molecule has 1 aliphatic carbocycles. The standard InChI is InChI=1S/C16H28N4O/c1-13(2)8-17-9-15-10-19-16(11-18-15)20(3)6-7-21-12-14-4-5-14/h10-11,13-14,17H,4-9,12H2,1-3H3. The average molecular weight is 292 g/mol. The molecule has 0 unspecified atom stereocenters. The fourth-order valence-electron chi connectivity index (χ4n) is 1.98. The van der Waals surface area contributed by atoms with Gasteiger partial charge in [-0.1, -0.05) is 13.8 Å². The van der Waals surface area contributed by atoms with E-state index in [9.17, 15) is 0 Å². The van der Waals surface area contributed by atoms with Crippen LogP contribution in [0.5, 0.6) is 0 Å². The van der Waals surface area contributed by atoms with E-state index in [1.807, 2.05) is 19.4 Å². The third-order valence-electron chi connectivity index (χ3n) is 3.56. The highest BCUT2D eigenvalue weighted by molar-refractivity contribution is 5.34. The Morgan fingerprint density at radius 3 is 2.76 bits per heavy atom. The highest BCUT2D eigenvalue weighted by Crippen LogP contribution is 2.28. The molecular weight excluding hydrogens is 264 g/mol. The van der Waals surface area contributed by atoms with E-state index in [4.69, 9.17) is 4.74 Å². The molecule has 0 saturated heterocycles. The Balaban J connectivity index is 1.66. The van der Waals surface area contributed by atoms with Gasteiger partial charge in [-0.2, -0.15) is 0 Å². The van der Waals surface area contributed by atoms with Gasteiger partial charge in [0.1, 0.15) is 5.82 Å². The van der Waals surface area contributed by atoms with Crippen molar-refractivity contribution in [1.29, 1.82) is 0 Å². The lowest BCUT2D eigenvalue weighted by Gasteiger charge is -2.18. The van der Waals surface area contributed by atoms with Crippen molar-refractivity contribution in [2.45, 2.75) is 33.2 Å². The molecule has 1 N–H and O–H groups in total. The number of hydrogen-bond donors (Lipinski definition) is 1. The maximum atomic E-state index is 5.65. The van der Waals surface area contributed by atoms with Gasteiger partial charge in [0, 0.05) is 26.7 Å². The summed E-state index contributed by atoms with van der Waals surface area (Å²) in [4.78, 5) is 11.0. The van der Waals surface area contributed by atoms with Crippen molar-refractivity contribution >= 4 is 5.82 Å². The fourth-order valence-corrected chi connectivity index (χ4v) is 1.98. The summed E-state index contributed by atoms with van der Waals surface area (Å²) in [7, 11) is 2.03. The van der Waals surface area contributed by atoms with Gasteiger partial charge in [0.2, 0.25) is 0 Å². The molecule has 0 radical (unpaired) electrons. The average Bonchev–Trinajstić information content (AvgIpc) is 3.28. The minimum absolute atomic E-state index is 0.652. The minimum Gasteiger partial charge on any atom is -0.379 e. The maximum absolute atomic E-state index is 5.65. The zero-order valence-electron chi connectivity index (χ0n) is 13.5. The van der Waals surface area contributed by atoms with Gasteiger partial charge in [0.05, 0.1) is 24.7 Å². The summed E-state index contributed by atoms with van der Waals surface area (Å²) in [5, 5.41) is 3.37. The minimum atomic E-state index is 0.652. The van der Waals surface area contributed by atoms with Gasteiger partial charge in [-0.05, 0) is 31.2 Å². The van der Waals surface area contributed by atoms with E-state index in [0.29, 0.717) is 5.92 Å². The third kappa shape index (κ3) is 6.40. The Morgan fingerprint density at radius 2 is 2.14 bits per heavy atom. The number of likely N-dealkylation sites (N-methyl/N-ethyl adjacent to an activating group) is 1. The first kappa shape index (κ1) is 16.2. The second kappa shape index (κ2) is 8.29. The normalized spacial score (nSPS) is 14.7. The quantitative estimate of drug-likeness (QED) is 0.669. The van der Waals surface area contributed by atoms with E-state index in [-0.39, 0.29) is 0 Å². The fraction of sp³-hybridized carbons (Fsp3) is 0.750. The van der Waals surface area contributed by atoms with Crippen LogP contribution in [0.15, 0.2) is 12.4 Å². The molecule has 0 aliphatic heterocycles. The van der Waals surface area contributed by atoms with Gasteiger partial charge in [-0.25, -0.2) is 4.98 Å². The molecule has 1 saturated carbocycles. The van der Waals surface area contributed by atoms with Crippen LogP contribution in [-0.4, -0.2) is 43.3 Å². The largest absolute Gasteiger partial charge is 0.379 e. The predicted molar refractivity (Wildman–Crippen MR) is 85.4 cm³/mol. The molecule has 21 heavy (non-hydrogen) atoms. The van der Waals surface area contributed by atoms with Gasteiger partial charge in [0.25, 0.3) is 0 Å². The van der Waals surface area contributed by atoms with Crippen molar-refractivity contribution in [1.82, 2.24) is 15.3 Å². The topological polar surface area (TPSA) is 50.3 Å². The summed E-state index contributed by atoms with van der Waals surface area (Å²) in [6.07, 6.45) is 6.37. The molecule has 1 heterocycles. The highest BCUT2D eigenvalue weighted by atomic mass is 16.5. The molecule has 2 rings (SSSR count). The lowest BCUT2D eigenvalue weighted by molar-refractivity contribution is 0.131. The first-order valence-electron chi connectivity index (χ1n) is 7.95. The zero-order valence-corrected chi connectivity index (χ0v) is 13.5. The monoisotopic (exact) mass is 292 g/mol. The molecule has 0 aromatic carbocycles. The summed E-state index contributed by atoms with van der Waals surface area (Å²) >= 11 is 0. The Hall–Kier alpha value is -1.20. The second-order valence-corrected chi connectivity index (χ2v) is 6.33. The van der Waals surface area contributed by atoms with Gasteiger partial charge in [-0.15, -0.1) is 0 Å². The van der Waals surface area contributed by atoms with Crippen molar-refractivity contribution in [2.24, 2.45) is 11.8 Å². The Morgan fingerprint density at radius 1 is 1.33 bits per heavy atom. The van der Waals surface area contributed by atoms with Crippen LogP contribution in [0.1, 0.15) is 32.4 Å². The van der Waals surface area contributed by atoms with Crippen LogP contribution in [0.3, 0.4) is 0 Å². The Bertz CT molecular complexity index is 403. The number of hydrogen-bond acceptors (Lipinski definition) is 5. The molecule has 1 fully saturated rings. The van der Waals surface area contributed by atoms with E-state index in [0.717, 1.165) is 50.3 Å². The van der Waals surface area contributed by atoms with E-state index in [1.54, 1.807) is 0 Å². The molecular formula is C16H28N4O. The first-order valence-corrected chi connectivity index (χ1v) is 7.95. The zero-order chi connectivity index (χ0) is 15.1. The lowest BCUT2D eigenvalue weighted by Crippen LogP contribution is -2.24. The number of rotatable bonds is 10. The SMILES string of the molecule is CC(C)CNCc1cnc(N(C)CCOCC2CC2)cn1. The second-order valence-electron chi connectivity index (χ2n) is 6.33. The van der Waals surface area contributed by atoms with Crippen molar-refractivity contribution in [2.75, 3.05) is 38.3 Å². The number of nitrogens with zero attached hydrogens (tertiary/aromatic N) is 3. The van der Waals surface area contributed by atoms with Crippen LogP contribution in [0.2, 0.25) is 0 Å². The van der Waals surface area contributed by atoms with Crippen molar-refractivity contribution < 1.29 is 4.74 Å². The number of anilines is 1. The molecule has 1 aromatic heterocycles. The summed E-state index contributed by atoms with van der Waals surface area (Å²) in [6, 6.07) is 0. The molecule has 118 valence electrons. The Labute approximate surface area is 128 Å². The van der Waals surface area contributed by atoms with Gasteiger partial charge >= 0.3 is 0 Å². The summed E-state index contributed by atoms with van der Waals surface area (Å²) in [5.41, 5.74) is 0.984. The van der Waals surface area contributed by atoms with Gasteiger partial charge < -0.3 is 15.0 Å². The van der Waals surface area contributed by atoms with Crippen molar-refractivity contribution in [3.63, 3.8) is 0 Å². The van der Waals surface area contributed by atoms with E-state index in [1.165, 1.54) is 12.8 Å². The van der Waals surface area contributed by atoms with Crippen molar-refractivity contribution in [3.05, 3.63) is 18.1 Å². The number of ether oxygens (including phenoxy) is 1. The summed E-state index contributed by atoms with van der Waals surface area (Å²) < 4.78 is 5.65. The Kier molecular flexibility index (Phi) is 6.39. The van der Waals surface area contributed by atoms with E-state index < -0.39 is 0 Å². The predicted octanol–water partition coefficient (Wildman–Crippen LogP) is 2.08. The van der Waals surface area contributed by atoms with Crippen LogP contribution in [0.25, 0.3) is 0 Å². The highest BCUT2D eigenvalue weighted by Gasteiger charge is 2.20. The van der Waals surface area contributed by atoms with Crippen LogP contribution in [-0.2, 0) is 11.3 Å². The van der Waals surface area contributed by atoms with Crippen LogP contribution < -0.4 is 10.2 Å². The molecule has 1 aliphatic rings. The van der Waals surface area contributed by atoms with Crippen molar-refractivity contribution in [3.8, 4) is 0 Å². The molecule has 5 heteroatoms. The van der Waals surface area contributed by atoms with Gasteiger partial charge in [0.15, 0.2) is 0 Å². The van der Waals surface area contributed by atoms with Gasteiger partial charge in [-0.3, -0.25) is 4.98 Å². The lowest BCUT2D eigenvalue weighted by atomic mass is 10.2. The molecule has 0 amide bonds. The number of aromatic nitrogens is 2. The van der Waals surface area contributed by atoms with Crippen LogP contribution >= 0.6 is 0 Å². The molecule has 0 spiro atoms. The summed E-state index contributed by atoms with van der Waals surface area (Å²) in [6.45, 7) is 8.70. The molecule has 1 aromatic rings. The maximum Gasteiger partial charge on any atom is 0.146 e. The number of nitrogens with one attached hydrogen (secondary N) is 1. The van der Waals surface area contributed by atoms with Crippen LogP contribution in [0.4, 0.5) is 5.82 Å². The smallest absolute Gasteiger partial charge is 0.146 e. The van der Waals surface area contributed by atoms with E-state index >= 15 is 0 Å². The molecule has 0 bridgehead atoms. The first-order chi connectivity index (χ1) is 10.1. The third-order valence-corrected chi connectivity index (χ3v) is 3.56.